The van der Waals surface area contributed by atoms with Crippen molar-refractivity contribution in [3.8, 4) is 18.1 Å². The minimum absolute atomic E-state index is 0.103. The summed E-state index contributed by atoms with van der Waals surface area (Å²) in [5.41, 5.74) is 4.14. The number of benzene rings is 2. The van der Waals surface area contributed by atoms with Crippen LogP contribution in [0.1, 0.15) is 12.5 Å². The Labute approximate surface area is 151 Å². The van der Waals surface area contributed by atoms with Gasteiger partial charge in [0.05, 0.1) is 17.1 Å². The van der Waals surface area contributed by atoms with Gasteiger partial charge in [0.1, 0.15) is 12.4 Å². The van der Waals surface area contributed by atoms with Crippen LogP contribution in [0.5, 0.6) is 5.75 Å². The molecule has 1 N–H and O–H groups in total. The number of hydrogen-bond donors (Lipinski definition) is 1. The van der Waals surface area contributed by atoms with E-state index >= 15 is 0 Å². The Bertz CT molecular complexity index is 1050. The molecule has 0 aliphatic carbocycles. The number of terminal acetylenes is 1. The van der Waals surface area contributed by atoms with E-state index in [1.165, 1.54) is 0 Å². The highest BCUT2D eigenvalue weighted by atomic mass is 16.5. The predicted octanol–water partition coefficient (Wildman–Crippen LogP) is 2.87. The number of fused-ring (bicyclic) bond motifs is 1. The van der Waals surface area contributed by atoms with Crippen LogP contribution >= 0.6 is 0 Å². The van der Waals surface area contributed by atoms with Gasteiger partial charge in [-0.3, -0.25) is 9.36 Å². The normalized spacial score (nSPS) is 10.8. The highest BCUT2D eigenvalue weighted by Gasteiger charge is 2.08. The predicted molar refractivity (Wildman–Crippen MR) is 104 cm³/mol. The van der Waals surface area contributed by atoms with Gasteiger partial charge in [-0.2, -0.15) is 5.10 Å². The minimum atomic E-state index is -0.103. The van der Waals surface area contributed by atoms with Gasteiger partial charge in [0.2, 0.25) is 5.95 Å². The summed E-state index contributed by atoms with van der Waals surface area (Å²) in [5.74, 6) is 3.45. The molecule has 0 amide bonds. The smallest absolute Gasteiger partial charge is 0.262 e. The Kier molecular flexibility index (Phi) is 5.30. The third kappa shape index (κ3) is 3.57. The van der Waals surface area contributed by atoms with E-state index in [0.717, 1.165) is 5.56 Å². The summed E-state index contributed by atoms with van der Waals surface area (Å²) in [6, 6.07) is 14.6. The first-order chi connectivity index (χ1) is 12.7. The van der Waals surface area contributed by atoms with Crippen LogP contribution in [0.25, 0.3) is 10.9 Å². The Balaban J connectivity index is 1.90. The van der Waals surface area contributed by atoms with Gasteiger partial charge in [-0.1, -0.05) is 30.2 Å². The number of anilines is 1. The maximum atomic E-state index is 12.6. The van der Waals surface area contributed by atoms with Crippen LogP contribution in [0.15, 0.2) is 58.4 Å². The third-order valence-corrected chi connectivity index (χ3v) is 3.78. The van der Waals surface area contributed by atoms with Crippen LogP contribution in [-0.2, 0) is 6.54 Å². The second-order valence-corrected chi connectivity index (χ2v) is 5.40. The van der Waals surface area contributed by atoms with Crippen LogP contribution in [-0.4, -0.2) is 22.4 Å². The van der Waals surface area contributed by atoms with Gasteiger partial charge in [0.25, 0.3) is 5.56 Å². The first-order valence-electron chi connectivity index (χ1n) is 8.18. The molecule has 0 unspecified atom stereocenters. The number of rotatable bonds is 6. The van der Waals surface area contributed by atoms with E-state index in [4.69, 9.17) is 11.2 Å². The second-order valence-electron chi connectivity index (χ2n) is 5.40. The summed E-state index contributed by atoms with van der Waals surface area (Å²) in [6.07, 6.45) is 6.84. The molecule has 0 spiro atoms. The van der Waals surface area contributed by atoms with E-state index in [1.807, 2.05) is 43.3 Å². The van der Waals surface area contributed by atoms with Crippen molar-refractivity contribution in [1.82, 2.24) is 9.55 Å². The average Bonchev–Trinajstić information content (AvgIpc) is 2.67. The number of ether oxygens (including phenoxy) is 1. The van der Waals surface area contributed by atoms with Crippen molar-refractivity contribution in [2.75, 3.05) is 12.0 Å². The largest absolute Gasteiger partial charge is 0.480 e. The minimum Gasteiger partial charge on any atom is -0.480 e. The van der Waals surface area contributed by atoms with Gasteiger partial charge in [-0.15, -0.1) is 6.42 Å². The van der Waals surface area contributed by atoms with Crippen LogP contribution in [0.2, 0.25) is 0 Å². The zero-order valence-electron chi connectivity index (χ0n) is 14.3. The van der Waals surface area contributed by atoms with Crippen LogP contribution in [0.3, 0.4) is 0 Å². The number of nitrogens with zero attached hydrogens (tertiary/aromatic N) is 3. The molecule has 6 nitrogen and oxygen atoms in total. The molecule has 1 aromatic heterocycles. The van der Waals surface area contributed by atoms with Gasteiger partial charge >= 0.3 is 0 Å². The average molecular weight is 346 g/mol. The van der Waals surface area contributed by atoms with Crippen LogP contribution in [0.4, 0.5) is 5.95 Å². The van der Waals surface area contributed by atoms with Crippen molar-refractivity contribution in [2.45, 2.75) is 13.5 Å². The van der Waals surface area contributed by atoms with E-state index in [2.05, 4.69) is 21.4 Å². The third-order valence-electron chi connectivity index (χ3n) is 3.78. The number of para-hydroxylation sites is 2. The fourth-order valence-electron chi connectivity index (χ4n) is 2.54. The van der Waals surface area contributed by atoms with Crippen molar-refractivity contribution >= 4 is 23.1 Å². The Hall–Kier alpha value is -3.59. The lowest BCUT2D eigenvalue weighted by atomic mass is 10.2. The standard InChI is InChI=1S/C20H18N4O2/c1-3-13-26-18-12-8-5-9-15(18)14-21-23-20-22-17-11-7-6-10-16(17)19(25)24(20)4-2/h1,5-12,14H,4,13H2,2H3,(H,22,23)/b21-14-. The zero-order chi connectivity index (χ0) is 18.4. The van der Waals surface area contributed by atoms with Gasteiger partial charge < -0.3 is 4.74 Å². The summed E-state index contributed by atoms with van der Waals surface area (Å²) < 4.78 is 7.03. The molecule has 0 bridgehead atoms. The SMILES string of the molecule is C#CCOc1ccccc1/C=N\Nc1nc2ccccc2c(=O)n1CC. The van der Waals surface area contributed by atoms with Crippen molar-refractivity contribution in [3.05, 3.63) is 64.4 Å². The molecule has 0 fully saturated rings. The first kappa shape index (κ1) is 17.2. The fourth-order valence-corrected chi connectivity index (χ4v) is 2.54. The number of aromatic nitrogens is 2. The summed E-state index contributed by atoms with van der Waals surface area (Å²) in [6.45, 7) is 2.55. The molecule has 0 aliphatic rings. The number of hydrogen-bond acceptors (Lipinski definition) is 5. The van der Waals surface area contributed by atoms with Crippen molar-refractivity contribution in [1.29, 1.82) is 0 Å². The van der Waals surface area contributed by atoms with Crippen molar-refractivity contribution in [3.63, 3.8) is 0 Å². The fraction of sp³-hybridized carbons (Fsp3) is 0.150. The second kappa shape index (κ2) is 7.99. The van der Waals surface area contributed by atoms with E-state index in [1.54, 1.807) is 22.9 Å². The van der Waals surface area contributed by atoms with E-state index in [0.29, 0.717) is 29.1 Å². The topological polar surface area (TPSA) is 68.5 Å². The van der Waals surface area contributed by atoms with E-state index < -0.39 is 0 Å². The molecule has 3 aromatic rings. The lowest BCUT2D eigenvalue weighted by molar-refractivity contribution is 0.370. The summed E-state index contributed by atoms with van der Waals surface area (Å²) >= 11 is 0. The summed E-state index contributed by atoms with van der Waals surface area (Å²) in [7, 11) is 0. The Morgan fingerprint density at radius 1 is 1.27 bits per heavy atom. The van der Waals surface area contributed by atoms with Gasteiger partial charge in [-0.25, -0.2) is 10.4 Å². The molecule has 0 saturated heterocycles. The lowest BCUT2D eigenvalue weighted by Crippen LogP contribution is -2.23. The van der Waals surface area contributed by atoms with Crippen molar-refractivity contribution in [2.24, 2.45) is 5.10 Å². The molecule has 0 saturated carbocycles. The highest BCUT2D eigenvalue weighted by Crippen LogP contribution is 2.16. The molecule has 0 radical (unpaired) electrons. The van der Waals surface area contributed by atoms with Crippen molar-refractivity contribution < 1.29 is 4.74 Å². The molecule has 2 aromatic carbocycles. The van der Waals surface area contributed by atoms with E-state index in [-0.39, 0.29) is 12.2 Å². The van der Waals surface area contributed by atoms with Crippen LogP contribution < -0.4 is 15.7 Å². The molecule has 0 aliphatic heterocycles. The summed E-state index contributed by atoms with van der Waals surface area (Å²) in [5, 5.41) is 4.79. The molecular formula is C20H18N4O2. The molecule has 6 heteroatoms. The van der Waals surface area contributed by atoms with Gasteiger partial charge in [0, 0.05) is 12.1 Å². The Morgan fingerprint density at radius 2 is 2.04 bits per heavy atom. The molecule has 130 valence electrons. The number of nitrogens with one attached hydrogen (secondary N) is 1. The lowest BCUT2D eigenvalue weighted by Gasteiger charge is -2.10. The van der Waals surface area contributed by atoms with Gasteiger partial charge in [0.15, 0.2) is 0 Å². The zero-order valence-corrected chi connectivity index (χ0v) is 14.3. The monoisotopic (exact) mass is 346 g/mol. The quantitative estimate of drug-likeness (QED) is 0.423. The van der Waals surface area contributed by atoms with Gasteiger partial charge in [-0.05, 0) is 31.2 Å². The van der Waals surface area contributed by atoms with Crippen LogP contribution in [0, 0.1) is 12.3 Å². The first-order valence-corrected chi connectivity index (χ1v) is 8.18. The molecule has 1 heterocycles. The molecule has 3 rings (SSSR count). The maximum absolute atomic E-state index is 12.6. The molecule has 0 atom stereocenters. The molecule has 26 heavy (non-hydrogen) atoms. The molecular weight excluding hydrogens is 328 g/mol. The maximum Gasteiger partial charge on any atom is 0.262 e. The number of hydrazone groups is 1. The summed E-state index contributed by atoms with van der Waals surface area (Å²) in [4.78, 5) is 17.1. The highest BCUT2D eigenvalue weighted by molar-refractivity contribution is 5.84. The Morgan fingerprint density at radius 3 is 2.85 bits per heavy atom. The van der Waals surface area contributed by atoms with E-state index in [9.17, 15) is 4.79 Å².